The summed E-state index contributed by atoms with van der Waals surface area (Å²) >= 11 is 0. The minimum Gasteiger partial charge on any atom is -0.357 e. The quantitative estimate of drug-likeness (QED) is 0.462. The zero-order valence-electron chi connectivity index (χ0n) is 19.9. The van der Waals surface area contributed by atoms with Crippen molar-refractivity contribution in [1.29, 1.82) is 0 Å². The van der Waals surface area contributed by atoms with Gasteiger partial charge in [0.1, 0.15) is 0 Å². The molecule has 1 heterocycles. The van der Waals surface area contributed by atoms with E-state index in [1.807, 2.05) is 11.7 Å². The predicted molar refractivity (Wildman–Crippen MR) is 127 cm³/mol. The highest BCUT2D eigenvalue weighted by molar-refractivity contribution is 5.80. The van der Waals surface area contributed by atoms with Gasteiger partial charge in [-0.2, -0.15) is 5.10 Å². The van der Waals surface area contributed by atoms with Gasteiger partial charge in [-0.1, -0.05) is 44.2 Å². The third-order valence-corrected chi connectivity index (χ3v) is 5.76. The Balaban J connectivity index is 2.14. The zero-order chi connectivity index (χ0) is 22.1. The number of rotatable bonds is 10. The Hall–Kier alpha value is -2.34. The maximum Gasteiger partial charge on any atom is 0.191 e. The number of hydrogen-bond acceptors (Lipinski definition) is 3. The molecule has 0 fully saturated rings. The molecule has 0 bridgehead atoms. The number of benzene rings is 1. The lowest BCUT2D eigenvalue weighted by atomic mass is 10.1. The summed E-state index contributed by atoms with van der Waals surface area (Å²) in [5.74, 6) is 0.872. The molecular weight excluding hydrogens is 372 g/mol. The number of nitrogens with zero attached hydrogens (tertiary/aromatic N) is 4. The lowest BCUT2D eigenvalue weighted by Gasteiger charge is -2.29. The number of guanidine groups is 1. The Morgan fingerprint density at radius 2 is 1.80 bits per heavy atom. The van der Waals surface area contributed by atoms with Gasteiger partial charge in [-0.25, -0.2) is 0 Å². The molecule has 30 heavy (non-hydrogen) atoms. The Kier molecular flexibility index (Phi) is 9.37. The van der Waals surface area contributed by atoms with E-state index >= 15 is 0 Å². The summed E-state index contributed by atoms with van der Waals surface area (Å²) < 4.78 is 1.96. The summed E-state index contributed by atoms with van der Waals surface area (Å²) in [4.78, 5) is 7.44. The van der Waals surface area contributed by atoms with Crippen molar-refractivity contribution in [2.75, 3.05) is 26.2 Å². The monoisotopic (exact) mass is 412 g/mol. The predicted octanol–water partition coefficient (Wildman–Crippen LogP) is 3.61. The van der Waals surface area contributed by atoms with Crippen molar-refractivity contribution in [2.45, 2.75) is 60.0 Å². The van der Waals surface area contributed by atoms with Gasteiger partial charge in [-0.15, -0.1) is 0 Å². The fraction of sp³-hybridized carbons (Fsp3) is 0.583. The number of aromatic nitrogens is 2. The van der Waals surface area contributed by atoms with E-state index in [2.05, 4.69) is 92.5 Å². The van der Waals surface area contributed by atoms with Crippen LogP contribution in [0, 0.1) is 13.8 Å². The summed E-state index contributed by atoms with van der Waals surface area (Å²) in [6, 6.07) is 11.2. The molecule has 2 atom stereocenters. The van der Waals surface area contributed by atoms with E-state index in [-0.39, 0.29) is 12.1 Å². The van der Waals surface area contributed by atoms with E-state index in [1.165, 1.54) is 16.8 Å². The van der Waals surface area contributed by atoms with Crippen LogP contribution in [0.1, 0.15) is 56.3 Å². The first-order valence-electron chi connectivity index (χ1n) is 11.2. The SMILES string of the molecule is CCNC(=NCC(c1ccccc1)N(CC)CC)NC(C)Cc1c(C)nn(C)c1C. The molecule has 1 aromatic heterocycles. The minimum absolute atomic E-state index is 0.257. The molecule has 2 aromatic rings. The van der Waals surface area contributed by atoms with E-state index in [0.29, 0.717) is 0 Å². The van der Waals surface area contributed by atoms with Crippen LogP contribution in [0.2, 0.25) is 0 Å². The second-order valence-corrected chi connectivity index (χ2v) is 7.89. The molecule has 0 aliphatic heterocycles. The van der Waals surface area contributed by atoms with Crippen molar-refractivity contribution in [3.8, 4) is 0 Å². The van der Waals surface area contributed by atoms with Crippen molar-refractivity contribution < 1.29 is 0 Å². The Labute approximate surface area is 182 Å². The molecule has 166 valence electrons. The van der Waals surface area contributed by atoms with Gasteiger partial charge in [0.2, 0.25) is 0 Å². The van der Waals surface area contributed by atoms with Gasteiger partial charge < -0.3 is 10.6 Å². The number of aryl methyl sites for hydroxylation is 2. The number of hydrogen-bond donors (Lipinski definition) is 2. The highest BCUT2D eigenvalue weighted by Crippen LogP contribution is 2.20. The smallest absolute Gasteiger partial charge is 0.191 e. The lowest BCUT2D eigenvalue weighted by Crippen LogP contribution is -2.43. The molecule has 2 N–H and O–H groups in total. The summed E-state index contributed by atoms with van der Waals surface area (Å²) in [5.41, 5.74) is 4.97. The van der Waals surface area contributed by atoms with Gasteiger partial charge in [-0.3, -0.25) is 14.6 Å². The van der Waals surface area contributed by atoms with Crippen molar-refractivity contribution in [3.05, 3.63) is 52.8 Å². The first-order chi connectivity index (χ1) is 14.4. The summed E-state index contributed by atoms with van der Waals surface area (Å²) in [6.45, 7) is 16.5. The molecule has 0 aliphatic carbocycles. The molecule has 0 amide bonds. The van der Waals surface area contributed by atoms with E-state index < -0.39 is 0 Å². The third kappa shape index (κ3) is 6.33. The molecule has 0 saturated heterocycles. The molecule has 1 aromatic carbocycles. The van der Waals surface area contributed by atoms with Crippen LogP contribution in [0.3, 0.4) is 0 Å². The molecule has 0 spiro atoms. The van der Waals surface area contributed by atoms with Gasteiger partial charge in [0.05, 0.1) is 18.3 Å². The highest BCUT2D eigenvalue weighted by atomic mass is 15.3. The third-order valence-electron chi connectivity index (χ3n) is 5.76. The summed E-state index contributed by atoms with van der Waals surface area (Å²) in [5, 5.41) is 11.6. The second kappa shape index (κ2) is 11.7. The maximum absolute atomic E-state index is 4.97. The van der Waals surface area contributed by atoms with Crippen LogP contribution < -0.4 is 10.6 Å². The van der Waals surface area contributed by atoms with Crippen LogP contribution in [-0.4, -0.2) is 52.9 Å². The maximum atomic E-state index is 4.97. The van der Waals surface area contributed by atoms with Crippen LogP contribution >= 0.6 is 0 Å². The topological polar surface area (TPSA) is 57.5 Å². The Bertz CT molecular complexity index is 792. The number of likely N-dealkylation sites (N-methyl/N-ethyl adjacent to an activating group) is 1. The van der Waals surface area contributed by atoms with Crippen molar-refractivity contribution in [2.24, 2.45) is 12.0 Å². The molecule has 0 radical (unpaired) electrons. The second-order valence-electron chi connectivity index (χ2n) is 7.89. The normalized spacial score (nSPS) is 14.1. The molecule has 6 heteroatoms. The first-order valence-corrected chi connectivity index (χ1v) is 11.2. The number of nitrogens with one attached hydrogen (secondary N) is 2. The molecule has 6 nitrogen and oxygen atoms in total. The van der Waals surface area contributed by atoms with Crippen LogP contribution in [-0.2, 0) is 13.5 Å². The standard InChI is InChI=1S/C24H40N6/c1-8-25-24(27-18(4)16-22-19(5)28-29(7)20(22)6)26-17-23(30(9-2)10-3)21-14-12-11-13-15-21/h11-15,18,23H,8-10,16-17H2,1-7H3,(H2,25,26,27). The van der Waals surface area contributed by atoms with E-state index in [0.717, 1.165) is 44.3 Å². The van der Waals surface area contributed by atoms with Gasteiger partial charge >= 0.3 is 0 Å². The summed E-state index contributed by atoms with van der Waals surface area (Å²) in [6.07, 6.45) is 0.925. The van der Waals surface area contributed by atoms with Crippen molar-refractivity contribution in [3.63, 3.8) is 0 Å². The Morgan fingerprint density at radius 1 is 1.13 bits per heavy atom. The average molecular weight is 413 g/mol. The van der Waals surface area contributed by atoms with Gasteiger partial charge in [0, 0.05) is 25.3 Å². The molecule has 2 rings (SSSR count). The van der Waals surface area contributed by atoms with E-state index in [4.69, 9.17) is 4.99 Å². The molecule has 0 saturated carbocycles. The highest BCUT2D eigenvalue weighted by Gasteiger charge is 2.18. The number of aliphatic imine (C=N–C) groups is 1. The van der Waals surface area contributed by atoms with E-state index in [9.17, 15) is 0 Å². The fourth-order valence-corrected chi connectivity index (χ4v) is 3.97. The van der Waals surface area contributed by atoms with Crippen LogP contribution in [0.4, 0.5) is 0 Å². The van der Waals surface area contributed by atoms with Crippen molar-refractivity contribution in [1.82, 2.24) is 25.3 Å². The van der Waals surface area contributed by atoms with Crippen LogP contribution in [0.25, 0.3) is 0 Å². The van der Waals surface area contributed by atoms with Crippen molar-refractivity contribution >= 4 is 5.96 Å². The van der Waals surface area contributed by atoms with E-state index in [1.54, 1.807) is 0 Å². The minimum atomic E-state index is 0.257. The fourth-order valence-electron chi connectivity index (χ4n) is 3.97. The largest absolute Gasteiger partial charge is 0.357 e. The van der Waals surface area contributed by atoms with Gasteiger partial charge in [0.15, 0.2) is 5.96 Å². The van der Waals surface area contributed by atoms with Crippen LogP contribution in [0.5, 0.6) is 0 Å². The summed E-state index contributed by atoms with van der Waals surface area (Å²) in [7, 11) is 2.01. The lowest BCUT2D eigenvalue weighted by molar-refractivity contribution is 0.224. The molecule has 0 aliphatic rings. The average Bonchev–Trinajstić information content (AvgIpc) is 2.97. The van der Waals surface area contributed by atoms with Gasteiger partial charge in [-0.05, 0) is 58.3 Å². The zero-order valence-corrected chi connectivity index (χ0v) is 19.9. The molecule has 2 unspecified atom stereocenters. The molecular formula is C24H40N6. The van der Waals surface area contributed by atoms with Gasteiger partial charge in [0.25, 0.3) is 0 Å². The first kappa shape index (κ1) is 23.9. The van der Waals surface area contributed by atoms with Crippen LogP contribution in [0.15, 0.2) is 35.3 Å². The Morgan fingerprint density at radius 3 is 2.33 bits per heavy atom.